The van der Waals surface area contributed by atoms with E-state index in [1.807, 2.05) is 36.4 Å². The third-order valence-corrected chi connectivity index (χ3v) is 3.64. The Morgan fingerprint density at radius 1 is 1.25 bits per heavy atom. The van der Waals surface area contributed by atoms with Crippen molar-refractivity contribution < 1.29 is 19.5 Å². The highest BCUT2D eigenvalue weighted by Crippen LogP contribution is 2.20. The van der Waals surface area contributed by atoms with Crippen LogP contribution in [0.15, 0.2) is 48.8 Å². The van der Waals surface area contributed by atoms with Crippen LogP contribution in [0.4, 0.5) is 9.59 Å². The molecule has 0 unspecified atom stereocenters. The van der Waals surface area contributed by atoms with Gasteiger partial charge >= 0.3 is 12.1 Å². The van der Waals surface area contributed by atoms with Crippen LogP contribution >= 0.6 is 0 Å². The zero-order valence-corrected chi connectivity index (χ0v) is 12.7. The van der Waals surface area contributed by atoms with Gasteiger partial charge in [-0.25, -0.2) is 15.1 Å². The summed E-state index contributed by atoms with van der Waals surface area (Å²) in [5.74, 6) is 0. The van der Waals surface area contributed by atoms with Crippen LogP contribution in [-0.4, -0.2) is 40.0 Å². The fourth-order valence-electron chi connectivity index (χ4n) is 2.48. The van der Waals surface area contributed by atoms with Gasteiger partial charge < -0.3 is 15.0 Å². The molecule has 2 aromatic rings. The number of rotatable bonds is 4. The van der Waals surface area contributed by atoms with Gasteiger partial charge in [-0.15, -0.1) is 0 Å². The van der Waals surface area contributed by atoms with Gasteiger partial charge in [0.1, 0.15) is 0 Å². The second-order valence-electron chi connectivity index (χ2n) is 5.27. The lowest BCUT2D eigenvalue weighted by molar-refractivity contribution is 0.0524. The van der Waals surface area contributed by atoms with Gasteiger partial charge in [0.15, 0.2) is 6.23 Å². The molecule has 24 heavy (non-hydrogen) atoms. The second-order valence-corrected chi connectivity index (χ2v) is 5.27. The summed E-state index contributed by atoms with van der Waals surface area (Å²) in [5, 5.41) is 10.9. The van der Waals surface area contributed by atoms with E-state index in [-0.39, 0.29) is 12.6 Å². The topological polar surface area (TPSA) is 104 Å². The summed E-state index contributed by atoms with van der Waals surface area (Å²) < 4.78 is 4.80. The highest BCUT2D eigenvalue weighted by atomic mass is 16.6. The second kappa shape index (κ2) is 6.97. The molecule has 0 spiro atoms. The third kappa shape index (κ3) is 3.61. The summed E-state index contributed by atoms with van der Waals surface area (Å²) in [6, 6.07) is 11.4. The molecule has 8 nitrogen and oxygen atoms in total. The van der Waals surface area contributed by atoms with Crippen molar-refractivity contribution in [1.29, 1.82) is 0 Å². The van der Waals surface area contributed by atoms with Crippen molar-refractivity contribution in [3.63, 3.8) is 0 Å². The minimum absolute atomic E-state index is 0.207. The van der Waals surface area contributed by atoms with Crippen molar-refractivity contribution in [3.05, 3.63) is 54.4 Å². The van der Waals surface area contributed by atoms with E-state index < -0.39 is 12.3 Å². The van der Waals surface area contributed by atoms with E-state index in [4.69, 9.17) is 9.94 Å². The predicted octanol–water partition coefficient (Wildman–Crippen LogP) is 1.72. The molecule has 0 bridgehead atoms. The van der Waals surface area contributed by atoms with Crippen LogP contribution in [0.25, 0.3) is 11.1 Å². The highest BCUT2D eigenvalue weighted by Gasteiger charge is 2.31. The molecule has 1 saturated heterocycles. The normalized spacial score (nSPS) is 16.6. The van der Waals surface area contributed by atoms with E-state index in [0.29, 0.717) is 6.54 Å². The van der Waals surface area contributed by atoms with Crippen molar-refractivity contribution in [1.82, 2.24) is 20.7 Å². The predicted molar refractivity (Wildman–Crippen MR) is 83.8 cm³/mol. The number of amides is 3. The van der Waals surface area contributed by atoms with E-state index >= 15 is 0 Å². The minimum atomic E-state index is -1.01. The van der Waals surface area contributed by atoms with Crippen LogP contribution in [0.5, 0.6) is 0 Å². The summed E-state index contributed by atoms with van der Waals surface area (Å²) in [6.45, 7) is 0.599. The van der Waals surface area contributed by atoms with Crippen molar-refractivity contribution >= 4 is 12.1 Å². The first-order valence-corrected chi connectivity index (χ1v) is 7.31. The van der Waals surface area contributed by atoms with Gasteiger partial charge in [0.25, 0.3) is 0 Å². The molecule has 124 valence electrons. The lowest BCUT2D eigenvalue weighted by Gasteiger charge is -2.15. The monoisotopic (exact) mass is 328 g/mol. The SMILES string of the molecule is O=C(NO)O[C@@H]1CN(Cc2ccc(-c3ccncc3)cc2)C(=O)N1. The summed E-state index contributed by atoms with van der Waals surface area (Å²) in [7, 11) is 0. The first-order valence-electron chi connectivity index (χ1n) is 7.31. The van der Waals surface area contributed by atoms with Gasteiger partial charge in [0, 0.05) is 18.9 Å². The van der Waals surface area contributed by atoms with E-state index in [9.17, 15) is 9.59 Å². The van der Waals surface area contributed by atoms with E-state index in [1.165, 1.54) is 10.4 Å². The summed E-state index contributed by atoms with van der Waals surface area (Å²) in [4.78, 5) is 28.4. The number of carbonyl (C=O) groups excluding carboxylic acids is 2. The van der Waals surface area contributed by atoms with Crippen LogP contribution in [0.3, 0.4) is 0 Å². The average molecular weight is 328 g/mol. The molecular weight excluding hydrogens is 312 g/mol. The van der Waals surface area contributed by atoms with Crippen LogP contribution in [0.1, 0.15) is 5.56 Å². The molecule has 0 aliphatic carbocycles. The molecule has 0 saturated carbocycles. The Labute approximate surface area is 138 Å². The number of benzene rings is 1. The van der Waals surface area contributed by atoms with Gasteiger partial charge in [-0.2, -0.15) is 0 Å². The van der Waals surface area contributed by atoms with Crippen LogP contribution < -0.4 is 10.8 Å². The quantitative estimate of drug-likeness (QED) is 0.585. The number of nitrogens with zero attached hydrogens (tertiary/aromatic N) is 2. The summed E-state index contributed by atoms with van der Waals surface area (Å²) >= 11 is 0. The van der Waals surface area contributed by atoms with E-state index in [0.717, 1.165) is 16.7 Å². The third-order valence-electron chi connectivity index (χ3n) is 3.64. The molecule has 1 aliphatic heterocycles. The van der Waals surface area contributed by atoms with Crippen molar-refractivity contribution in [2.75, 3.05) is 6.54 Å². The maximum Gasteiger partial charge on any atom is 0.433 e. The number of pyridine rings is 1. The fourth-order valence-corrected chi connectivity index (χ4v) is 2.48. The molecule has 3 N–H and O–H groups in total. The molecule has 2 heterocycles. The minimum Gasteiger partial charge on any atom is -0.422 e. The van der Waals surface area contributed by atoms with Crippen molar-refractivity contribution in [3.8, 4) is 11.1 Å². The Bertz CT molecular complexity index is 721. The molecule has 1 aliphatic rings. The first-order chi connectivity index (χ1) is 11.7. The molecule has 1 atom stereocenters. The van der Waals surface area contributed by atoms with Gasteiger partial charge in [0.2, 0.25) is 0 Å². The largest absolute Gasteiger partial charge is 0.433 e. The first kappa shape index (κ1) is 15.8. The Balaban J connectivity index is 1.62. The summed E-state index contributed by atoms with van der Waals surface area (Å²) in [6.07, 6.45) is 1.67. The average Bonchev–Trinajstić information content (AvgIpc) is 2.95. The Hall–Kier alpha value is -3.13. The lowest BCUT2D eigenvalue weighted by atomic mass is 10.1. The van der Waals surface area contributed by atoms with E-state index in [1.54, 1.807) is 12.4 Å². The number of aromatic nitrogens is 1. The number of hydrogen-bond donors (Lipinski definition) is 3. The lowest BCUT2D eigenvalue weighted by Crippen LogP contribution is -2.34. The number of carbonyl (C=O) groups is 2. The molecular formula is C16H16N4O4. The molecule has 8 heteroatoms. The number of urea groups is 1. The Morgan fingerprint density at radius 2 is 1.92 bits per heavy atom. The van der Waals surface area contributed by atoms with Crippen LogP contribution in [0, 0.1) is 0 Å². The van der Waals surface area contributed by atoms with Crippen molar-refractivity contribution in [2.24, 2.45) is 0 Å². The van der Waals surface area contributed by atoms with Crippen molar-refractivity contribution in [2.45, 2.75) is 12.8 Å². The maximum absolute atomic E-state index is 11.9. The molecule has 1 aromatic carbocycles. The zero-order chi connectivity index (χ0) is 16.9. The maximum atomic E-state index is 11.9. The van der Waals surface area contributed by atoms with Gasteiger partial charge in [-0.1, -0.05) is 24.3 Å². The highest BCUT2D eigenvalue weighted by molar-refractivity contribution is 5.77. The standard InChI is InChI=1S/C16H16N4O4/c21-15-18-14(24-16(22)19-23)10-20(15)9-11-1-3-12(4-2-11)13-5-7-17-8-6-13/h1-8,14,23H,9-10H2,(H,18,21)(H,19,22)/t14-/m1/s1. The summed E-state index contributed by atoms with van der Waals surface area (Å²) in [5.41, 5.74) is 4.44. The molecule has 1 aromatic heterocycles. The number of hydroxylamine groups is 1. The zero-order valence-electron chi connectivity index (χ0n) is 12.7. The van der Waals surface area contributed by atoms with E-state index in [2.05, 4.69) is 10.3 Å². The van der Waals surface area contributed by atoms with Crippen LogP contribution in [-0.2, 0) is 11.3 Å². The molecule has 1 fully saturated rings. The Kier molecular flexibility index (Phi) is 4.57. The molecule has 0 radical (unpaired) electrons. The number of nitrogens with one attached hydrogen (secondary N) is 2. The molecule has 3 rings (SSSR count). The van der Waals surface area contributed by atoms with Gasteiger partial charge in [-0.3, -0.25) is 10.2 Å². The van der Waals surface area contributed by atoms with Gasteiger partial charge in [-0.05, 0) is 28.8 Å². The Morgan fingerprint density at radius 3 is 2.58 bits per heavy atom. The number of hydrogen-bond acceptors (Lipinski definition) is 5. The van der Waals surface area contributed by atoms with Crippen LogP contribution in [0.2, 0.25) is 0 Å². The molecule has 3 amide bonds. The van der Waals surface area contributed by atoms with Gasteiger partial charge in [0.05, 0.1) is 6.54 Å². The fraction of sp³-hybridized carbons (Fsp3) is 0.188. The smallest absolute Gasteiger partial charge is 0.422 e. The number of ether oxygens (including phenoxy) is 1.